The Morgan fingerprint density at radius 2 is 2.07 bits per heavy atom. The van der Waals surface area contributed by atoms with Gasteiger partial charge in [0.25, 0.3) is 5.56 Å². The molecule has 3 rings (SSSR count). The third kappa shape index (κ3) is 4.72. The molecule has 1 aromatic heterocycles. The van der Waals surface area contributed by atoms with Crippen molar-refractivity contribution in [3.63, 3.8) is 0 Å². The fraction of sp³-hybridized carbons (Fsp3) is 0.211. The highest BCUT2D eigenvalue weighted by molar-refractivity contribution is 9.10. The predicted molar refractivity (Wildman–Crippen MR) is 113 cm³/mol. The number of thioether (sulfide) groups is 1. The zero-order valence-corrected chi connectivity index (χ0v) is 17.7. The van der Waals surface area contributed by atoms with Gasteiger partial charge in [-0.2, -0.15) is 0 Å². The summed E-state index contributed by atoms with van der Waals surface area (Å²) in [6.45, 7) is 2.73. The van der Waals surface area contributed by atoms with Crippen LogP contribution in [-0.2, 0) is 17.9 Å². The SMILES string of the molecule is CCn1c(SCC(=O)NCc2ccccc2Cl)nc2ccc(Br)cc2c1=O. The second-order valence-corrected chi connectivity index (χ2v) is 8.03. The quantitative estimate of drug-likeness (QED) is 0.436. The molecule has 140 valence electrons. The molecule has 0 atom stereocenters. The van der Waals surface area contributed by atoms with Crippen LogP contribution in [0.25, 0.3) is 10.9 Å². The number of nitrogens with one attached hydrogen (secondary N) is 1. The van der Waals surface area contributed by atoms with Gasteiger partial charge in [0.15, 0.2) is 5.16 Å². The number of carbonyl (C=O) groups is 1. The van der Waals surface area contributed by atoms with Crippen LogP contribution < -0.4 is 10.9 Å². The molecule has 1 N–H and O–H groups in total. The van der Waals surface area contributed by atoms with Gasteiger partial charge in [0.05, 0.1) is 16.7 Å². The molecule has 1 amide bonds. The fourth-order valence-corrected chi connectivity index (χ4v) is 4.04. The van der Waals surface area contributed by atoms with E-state index in [0.29, 0.717) is 34.2 Å². The first-order chi connectivity index (χ1) is 13.0. The molecular formula is C19H17BrClN3O2S. The summed E-state index contributed by atoms with van der Waals surface area (Å²) >= 11 is 10.7. The molecule has 0 aliphatic rings. The van der Waals surface area contributed by atoms with Gasteiger partial charge in [-0.25, -0.2) is 4.98 Å². The number of halogens is 2. The van der Waals surface area contributed by atoms with Crippen LogP contribution in [0.4, 0.5) is 0 Å². The highest BCUT2D eigenvalue weighted by Gasteiger charge is 2.13. The lowest BCUT2D eigenvalue weighted by atomic mass is 10.2. The number of hydrogen-bond donors (Lipinski definition) is 1. The Hall–Kier alpha value is -1.83. The Morgan fingerprint density at radius 1 is 1.30 bits per heavy atom. The van der Waals surface area contributed by atoms with Gasteiger partial charge < -0.3 is 5.32 Å². The topological polar surface area (TPSA) is 64.0 Å². The van der Waals surface area contributed by atoms with Crippen LogP contribution >= 0.6 is 39.3 Å². The van der Waals surface area contributed by atoms with Crippen molar-refractivity contribution in [2.24, 2.45) is 0 Å². The van der Waals surface area contributed by atoms with Gasteiger partial charge in [-0.15, -0.1) is 0 Å². The van der Waals surface area contributed by atoms with Crippen LogP contribution in [0.3, 0.4) is 0 Å². The second kappa shape index (κ2) is 8.91. The lowest BCUT2D eigenvalue weighted by molar-refractivity contribution is -0.118. The first kappa shape index (κ1) is 19.9. The lowest BCUT2D eigenvalue weighted by Crippen LogP contribution is -2.26. The third-order valence-corrected chi connectivity index (χ3v) is 5.80. The molecule has 0 bridgehead atoms. The average Bonchev–Trinajstić information content (AvgIpc) is 2.66. The van der Waals surface area contributed by atoms with Crippen LogP contribution in [0.2, 0.25) is 5.02 Å². The van der Waals surface area contributed by atoms with Gasteiger partial charge in [0.1, 0.15) is 0 Å². The Labute approximate surface area is 174 Å². The van der Waals surface area contributed by atoms with Gasteiger partial charge in [-0.1, -0.05) is 57.5 Å². The summed E-state index contributed by atoms with van der Waals surface area (Å²) in [5.41, 5.74) is 1.37. The van der Waals surface area contributed by atoms with E-state index in [0.717, 1.165) is 10.0 Å². The Kier molecular flexibility index (Phi) is 6.57. The molecule has 8 heteroatoms. The third-order valence-electron chi connectivity index (χ3n) is 3.96. The van der Waals surface area contributed by atoms with E-state index < -0.39 is 0 Å². The predicted octanol–water partition coefficient (Wildman–Crippen LogP) is 4.24. The van der Waals surface area contributed by atoms with Crippen LogP contribution in [0, 0.1) is 0 Å². The smallest absolute Gasteiger partial charge is 0.262 e. The molecule has 2 aromatic carbocycles. The summed E-state index contributed by atoms with van der Waals surface area (Å²) in [7, 11) is 0. The van der Waals surface area contributed by atoms with E-state index in [9.17, 15) is 9.59 Å². The molecule has 0 fully saturated rings. The molecule has 27 heavy (non-hydrogen) atoms. The number of carbonyl (C=O) groups excluding carboxylic acids is 1. The normalized spacial score (nSPS) is 10.9. The van der Waals surface area contributed by atoms with Gasteiger partial charge >= 0.3 is 0 Å². The van der Waals surface area contributed by atoms with E-state index in [-0.39, 0.29) is 17.2 Å². The van der Waals surface area contributed by atoms with Gasteiger partial charge in [-0.3, -0.25) is 14.2 Å². The minimum atomic E-state index is -0.146. The average molecular weight is 467 g/mol. The molecule has 5 nitrogen and oxygen atoms in total. The van der Waals surface area contributed by atoms with Crippen LogP contribution in [0.1, 0.15) is 12.5 Å². The summed E-state index contributed by atoms with van der Waals surface area (Å²) < 4.78 is 2.41. The summed E-state index contributed by atoms with van der Waals surface area (Å²) in [6.07, 6.45) is 0. The molecule has 0 unspecified atom stereocenters. The van der Waals surface area contributed by atoms with Crippen molar-refractivity contribution in [3.05, 3.63) is 67.9 Å². The van der Waals surface area contributed by atoms with E-state index in [1.54, 1.807) is 22.8 Å². The van der Waals surface area contributed by atoms with Crippen molar-refractivity contribution in [1.29, 1.82) is 0 Å². The molecule has 0 saturated carbocycles. The summed E-state index contributed by atoms with van der Waals surface area (Å²) in [5.74, 6) is 0.0200. The molecule has 0 saturated heterocycles. The molecule has 0 aliphatic heterocycles. The number of rotatable bonds is 6. The minimum absolute atomic E-state index is 0.109. The van der Waals surface area contributed by atoms with Gasteiger partial charge in [0.2, 0.25) is 5.91 Å². The lowest BCUT2D eigenvalue weighted by Gasteiger charge is -2.11. The number of amides is 1. The van der Waals surface area contributed by atoms with Crippen molar-refractivity contribution < 1.29 is 4.79 Å². The second-order valence-electron chi connectivity index (χ2n) is 5.76. The maximum Gasteiger partial charge on any atom is 0.262 e. The van der Waals surface area contributed by atoms with Crippen molar-refractivity contribution in [2.45, 2.75) is 25.2 Å². The standard InChI is InChI=1S/C19H17BrClN3O2S/c1-2-24-18(26)14-9-13(20)7-8-16(14)23-19(24)27-11-17(25)22-10-12-5-3-4-6-15(12)21/h3-9H,2,10-11H2,1H3,(H,22,25). The Bertz CT molecular complexity index is 1050. The Balaban J connectivity index is 1.72. The monoisotopic (exact) mass is 465 g/mol. The van der Waals surface area contributed by atoms with Gasteiger partial charge in [0, 0.05) is 22.6 Å². The van der Waals surface area contributed by atoms with E-state index in [4.69, 9.17) is 11.6 Å². The number of benzene rings is 2. The van der Waals surface area contributed by atoms with Crippen LogP contribution in [0.5, 0.6) is 0 Å². The summed E-state index contributed by atoms with van der Waals surface area (Å²) in [4.78, 5) is 29.5. The highest BCUT2D eigenvalue weighted by Crippen LogP contribution is 2.20. The van der Waals surface area contributed by atoms with E-state index in [1.807, 2.05) is 31.2 Å². The van der Waals surface area contributed by atoms with Crippen LogP contribution in [0.15, 0.2) is 56.9 Å². The molecule has 0 radical (unpaired) electrons. The van der Waals surface area contributed by atoms with Crippen molar-refractivity contribution in [3.8, 4) is 0 Å². The summed E-state index contributed by atoms with van der Waals surface area (Å²) in [6, 6.07) is 12.8. The fourth-order valence-electron chi connectivity index (χ4n) is 2.58. The molecular weight excluding hydrogens is 450 g/mol. The molecule has 1 heterocycles. The van der Waals surface area contributed by atoms with E-state index >= 15 is 0 Å². The van der Waals surface area contributed by atoms with E-state index in [1.165, 1.54) is 11.8 Å². The van der Waals surface area contributed by atoms with Gasteiger partial charge in [-0.05, 0) is 36.8 Å². The minimum Gasteiger partial charge on any atom is -0.351 e. The first-order valence-corrected chi connectivity index (χ1v) is 10.5. The van der Waals surface area contributed by atoms with Crippen molar-refractivity contribution in [2.75, 3.05) is 5.75 Å². The van der Waals surface area contributed by atoms with E-state index in [2.05, 4.69) is 26.2 Å². The number of fused-ring (bicyclic) bond motifs is 1. The maximum absolute atomic E-state index is 12.7. The summed E-state index contributed by atoms with van der Waals surface area (Å²) in [5, 5.41) is 4.55. The highest BCUT2D eigenvalue weighted by atomic mass is 79.9. The van der Waals surface area contributed by atoms with Crippen LogP contribution in [-0.4, -0.2) is 21.2 Å². The van der Waals surface area contributed by atoms with Crippen molar-refractivity contribution >= 4 is 56.1 Å². The number of nitrogens with zero attached hydrogens (tertiary/aromatic N) is 2. The maximum atomic E-state index is 12.7. The number of hydrogen-bond acceptors (Lipinski definition) is 4. The zero-order valence-electron chi connectivity index (χ0n) is 14.5. The first-order valence-electron chi connectivity index (χ1n) is 8.32. The molecule has 0 aliphatic carbocycles. The Morgan fingerprint density at radius 3 is 2.81 bits per heavy atom. The van der Waals surface area contributed by atoms with Crippen molar-refractivity contribution in [1.82, 2.24) is 14.9 Å². The zero-order chi connectivity index (χ0) is 19.4. The molecule has 0 spiro atoms. The molecule has 3 aromatic rings. The number of aromatic nitrogens is 2. The largest absolute Gasteiger partial charge is 0.351 e.